The maximum absolute atomic E-state index is 7.09. The lowest BCUT2D eigenvalue weighted by Crippen LogP contribution is -2.11. The Morgan fingerprint density at radius 1 is 0.181 bits per heavy atom. The predicted molar refractivity (Wildman–Crippen MR) is 500 cm³/mol. The summed E-state index contributed by atoms with van der Waals surface area (Å²) in [5.41, 5.74) is 26.6. The molecule has 0 radical (unpaired) electrons. The van der Waals surface area contributed by atoms with E-state index in [4.69, 9.17) is 4.42 Å². The van der Waals surface area contributed by atoms with Gasteiger partial charge in [0.25, 0.3) is 0 Å². The molecule has 116 heavy (non-hydrogen) atoms. The standard InChI is InChI=1S/C110H68N2OS3/c1-2-22-72-63-76(48-47-69(72)21-1)74-24-15-23-73(64-74)75-25-16-27-83(66-75)111(98-39-10-5-29-86(98)79-54-61-94-92-32-7-12-43-102(92)115-106(94)67-79)81-56-51-71(52-57-81)89-36-18-38-97-108-88(35-19-42-101(108)113-110(89)97)78-53-60-85-77(65-78)26-17-37-91(85)90-31-4-3-28-84(90)70-49-58-82(59-50-70)112(100-41-20-46-105-109(100)96-34-9-14-45-104(96)114-105)99-40-11-6-30-87(99)80-55-62-95-93-33-8-13-44-103(93)116-107(95)68-80/h1-68H. The quantitative estimate of drug-likeness (QED) is 0.108. The monoisotopic (exact) mass is 1530 g/mol. The zero-order valence-corrected chi connectivity index (χ0v) is 65.2. The van der Waals surface area contributed by atoms with E-state index < -0.39 is 0 Å². The zero-order valence-electron chi connectivity index (χ0n) is 62.8. The van der Waals surface area contributed by atoms with Crippen LogP contribution in [0.2, 0.25) is 0 Å². The van der Waals surface area contributed by atoms with Crippen molar-refractivity contribution in [3.8, 4) is 89.0 Å². The Kier molecular flexibility index (Phi) is 16.2. The fraction of sp³-hybridized carbons (Fsp3) is 0. The molecule has 23 aromatic rings. The first-order valence-corrected chi connectivity index (χ1v) is 41.9. The number of hydrogen-bond donors (Lipinski definition) is 0. The molecule has 0 atom stereocenters. The second-order valence-electron chi connectivity index (χ2n) is 30.1. The Bertz CT molecular complexity index is 7870. The summed E-state index contributed by atoms with van der Waals surface area (Å²) in [5.74, 6) is 0. The van der Waals surface area contributed by atoms with Crippen LogP contribution in [-0.4, -0.2) is 0 Å². The molecule has 0 amide bonds. The molecule has 0 saturated heterocycles. The number of para-hydroxylation sites is 3. The minimum absolute atomic E-state index is 0.851. The van der Waals surface area contributed by atoms with Gasteiger partial charge in [0.1, 0.15) is 11.2 Å². The largest absolute Gasteiger partial charge is 0.455 e. The Morgan fingerprint density at radius 2 is 0.603 bits per heavy atom. The molecular weight excluding hydrogens is 1460 g/mol. The van der Waals surface area contributed by atoms with Crippen LogP contribution < -0.4 is 9.80 Å². The number of fused-ring (bicyclic) bond motifs is 14. The van der Waals surface area contributed by atoms with Crippen LogP contribution in [0.4, 0.5) is 34.1 Å². The number of thiophene rings is 3. The van der Waals surface area contributed by atoms with Crippen LogP contribution in [-0.2, 0) is 0 Å². The molecule has 0 aliphatic rings. The molecular formula is C110H68N2OS3. The highest BCUT2D eigenvalue weighted by Gasteiger charge is 2.26. The molecule has 6 heteroatoms. The SMILES string of the molecule is c1cc(-c2cccc(N(c3ccc(-c4cccc5c4oc4cccc(-c6ccc7c(-c8ccccc8-c8ccc(N(c9ccccc9-c9ccc%10c(c9)sc9ccccc9%10)c9cccc%10sc%11ccccc%11c9%10)cc8)cccc7c6)c45)cc3)c3ccccc3-c3ccc4c(c3)sc3ccccc34)c2)cc(-c2ccc3ccccc3c2)c1. The lowest BCUT2D eigenvalue weighted by atomic mass is 9.90. The molecule has 0 aliphatic carbocycles. The van der Waals surface area contributed by atoms with Gasteiger partial charge in [-0.25, -0.2) is 0 Å². The Hall–Kier alpha value is -14.2. The van der Waals surface area contributed by atoms with E-state index in [1.807, 2.05) is 34.0 Å². The van der Waals surface area contributed by atoms with Crippen molar-refractivity contribution < 1.29 is 4.42 Å². The molecule has 0 fully saturated rings. The molecule has 0 N–H and O–H groups in total. The third kappa shape index (κ3) is 11.5. The van der Waals surface area contributed by atoms with Crippen LogP contribution in [0.1, 0.15) is 0 Å². The topological polar surface area (TPSA) is 19.6 Å². The first-order chi connectivity index (χ1) is 57.5. The fourth-order valence-electron chi connectivity index (χ4n) is 18.0. The number of benzene rings is 19. The Balaban J connectivity index is 0.583. The van der Waals surface area contributed by atoms with E-state index in [1.165, 1.54) is 127 Å². The third-order valence-electron chi connectivity index (χ3n) is 23.5. The van der Waals surface area contributed by atoms with Gasteiger partial charge >= 0.3 is 0 Å². The van der Waals surface area contributed by atoms with Crippen molar-refractivity contribution in [2.45, 2.75) is 0 Å². The third-order valence-corrected chi connectivity index (χ3v) is 26.9. The van der Waals surface area contributed by atoms with Crippen LogP contribution in [0.15, 0.2) is 417 Å². The van der Waals surface area contributed by atoms with Crippen molar-refractivity contribution >= 4 is 172 Å². The molecule has 0 bridgehead atoms. The van der Waals surface area contributed by atoms with Gasteiger partial charge in [0.15, 0.2) is 0 Å². The summed E-state index contributed by atoms with van der Waals surface area (Å²) in [6.07, 6.45) is 0. The number of anilines is 6. The average molecular weight is 1530 g/mol. The molecule has 0 unspecified atom stereocenters. The van der Waals surface area contributed by atoms with E-state index in [9.17, 15) is 0 Å². The number of hydrogen-bond acceptors (Lipinski definition) is 6. The van der Waals surface area contributed by atoms with E-state index in [0.717, 1.165) is 101 Å². The van der Waals surface area contributed by atoms with Crippen molar-refractivity contribution in [2.24, 2.45) is 0 Å². The van der Waals surface area contributed by atoms with Crippen LogP contribution in [0.25, 0.3) is 193 Å². The lowest BCUT2D eigenvalue weighted by molar-refractivity contribution is 0.670. The van der Waals surface area contributed by atoms with E-state index in [-0.39, 0.29) is 0 Å². The first kappa shape index (κ1) is 67.5. The normalized spacial score (nSPS) is 11.8. The van der Waals surface area contributed by atoms with Crippen LogP contribution in [0.5, 0.6) is 0 Å². The maximum Gasteiger partial charge on any atom is 0.143 e. The second kappa shape index (κ2) is 27.8. The summed E-state index contributed by atoms with van der Waals surface area (Å²) >= 11 is 5.58. The molecule has 4 heterocycles. The van der Waals surface area contributed by atoms with Gasteiger partial charge in [-0.1, -0.05) is 297 Å². The molecule has 3 nitrogen and oxygen atoms in total. The number of rotatable bonds is 14. The van der Waals surface area contributed by atoms with Crippen molar-refractivity contribution in [2.75, 3.05) is 9.80 Å². The Labute approximate surface area is 682 Å². The summed E-state index contributed by atoms with van der Waals surface area (Å²) in [6.45, 7) is 0. The summed E-state index contributed by atoms with van der Waals surface area (Å²) in [7, 11) is 0. The molecule has 542 valence electrons. The molecule has 23 rings (SSSR count). The zero-order chi connectivity index (χ0) is 76.3. The minimum Gasteiger partial charge on any atom is -0.455 e. The van der Waals surface area contributed by atoms with Gasteiger partial charge < -0.3 is 14.2 Å². The van der Waals surface area contributed by atoms with Crippen molar-refractivity contribution in [1.29, 1.82) is 0 Å². The lowest BCUT2D eigenvalue weighted by Gasteiger charge is -2.29. The van der Waals surface area contributed by atoms with Crippen molar-refractivity contribution in [3.63, 3.8) is 0 Å². The maximum atomic E-state index is 7.09. The van der Waals surface area contributed by atoms with Crippen molar-refractivity contribution in [3.05, 3.63) is 413 Å². The summed E-state index contributed by atoms with van der Waals surface area (Å²) in [4.78, 5) is 4.92. The first-order valence-electron chi connectivity index (χ1n) is 39.5. The highest BCUT2D eigenvalue weighted by molar-refractivity contribution is 7.26. The van der Waals surface area contributed by atoms with Crippen LogP contribution in [0, 0.1) is 0 Å². The summed E-state index contributed by atoms with van der Waals surface area (Å²) < 4.78 is 14.8. The molecule has 4 aromatic heterocycles. The van der Waals surface area contributed by atoms with E-state index in [1.54, 1.807) is 0 Å². The smallest absolute Gasteiger partial charge is 0.143 e. The minimum atomic E-state index is 0.851. The molecule has 0 saturated carbocycles. The van der Waals surface area contributed by atoms with Gasteiger partial charge in [0.05, 0.1) is 17.1 Å². The van der Waals surface area contributed by atoms with Crippen LogP contribution >= 0.6 is 34.0 Å². The second-order valence-corrected chi connectivity index (χ2v) is 33.4. The fourth-order valence-corrected chi connectivity index (χ4v) is 21.4. The number of furan rings is 1. The van der Waals surface area contributed by atoms with Gasteiger partial charge in [-0.15, -0.1) is 34.0 Å². The van der Waals surface area contributed by atoms with Crippen LogP contribution in [0.3, 0.4) is 0 Å². The predicted octanol–water partition coefficient (Wildman–Crippen LogP) is 33.3. The van der Waals surface area contributed by atoms with E-state index >= 15 is 0 Å². The van der Waals surface area contributed by atoms with Gasteiger partial charge in [0, 0.05) is 105 Å². The van der Waals surface area contributed by atoms with Gasteiger partial charge in [0.2, 0.25) is 0 Å². The molecule has 19 aromatic carbocycles. The highest BCUT2D eigenvalue weighted by Crippen LogP contribution is 2.52. The molecule has 0 aliphatic heterocycles. The molecule has 0 spiro atoms. The van der Waals surface area contributed by atoms with E-state index in [0.29, 0.717) is 0 Å². The van der Waals surface area contributed by atoms with Gasteiger partial charge in [-0.2, -0.15) is 0 Å². The number of nitrogens with zero attached hydrogens (tertiary/aromatic N) is 2. The van der Waals surface area contributed by atoms with E-state index in [2.05, 4.69) is 422 Å². The average Bonchev–Trinajstić information content (AvgIpc) is 1.23. The Morgan fingerprint density at radius 3 is 1.31 bits per heavy atom. The highest BCUT2D eigenvalue weighted by atomic mass is 32.1. The summed E-state index contributed by atoms with van der Waals surface area (Å²) in [5, 5.41) is 14.7. The van der Waals surface area contributed by atoms with Crippen molar-refractivity contribution in [1.82, 2.24) is 0 Å². The van der Waals surface area contributed by atoms with Gasteiger partial charge in [-0.05, 0) is 209 Å². The van der Waals surface area contributed by atoms with Gasteiger partial charge in [-0.3, -0.25) is 0 Å². The summed E-state index contributed by atoms with van der Waals surface area (Å²) in [6, 6.07) is 152.